The minimum Gasteiger partial charge on any atom is -0.312 e. The zero-order chi connectivity index (χ0) is 9.61. The molecule has 3 nitrogen and oxygen atoms in total. The molecule has 72 valence electrons. The quantitative estimate of drug-likeness (QED) is 0.511. The Morgan fingerprint density at radius 3 is 2.42 bits per heavy atom. The molecule has 0 radical (unpaired) electrons. The number of sulfone groups is 1. The molecule has 12 heavy (non-hydrogen) atoms. The van der Waals surface area contributed by atoms with E-state index in [1.807, 2.05) is 19.9 Å². The largest absolute Gasteiger partial charge is 0.312 e. The molecule has 0 aliphatic rings. The standard InChI is InChI=1S/C8H17NO2S/c1-8(2)4-5-9-6-7-12(3,10)11/h4,9H,5-7H2,1-3H3. The van der Waals surface area contributed by atoms with Crippen molar-refractivity contribution < 1.29 is 8.42 Å². The highest BCUT2D eigenvalue weighted by Crippen LogP contribution is 1.85. The molecule has 0 atom stereocenters. The molecule has 1 N–H and O–H groups in total. The molecular weight excluding hydrogens is 174 g/mol. The molecule has 4 heteroatoms. The van der Waals surface area contributed by atoms with E-state index in [4.69, 9.17) is 0 Å². The Hall–Kier alpha value is -0.350. The molecule has 0 aromatic rings. The smallest absolute Gasteiger partial charge is 0.148 e. The number of hydrogen-bond acceptors (Lipinski definition) is 3. The lowest BCUT2D eigenvalue weighted by atomic mass is 10.3. The molecule has 0 bridgehead atoms. The van der Waals surface area contributed by atoms with Crippen molar-refractivity contribution >= 4 is 9.84 Å². The van der Waals surface area contributed by atoms with Crippen molar-refractivity contribution in [2.75, 3.05) is 25.1 Å². The van der Waals surface area contributed by atoms with Gasteiger partial charge < -0.3 is 5.32 Å². The van der Waals surface area contributed by atoms with E-state index in [1.165, 1.54) is 11.8 Å². The summed E-state index contributed by atoms with van der Waals surface area (Å²) in [6, 6.07) is 0. The third-order valence-corrected chi connectivity index (χ3v) is 2.25. The lowest BCUT2D eigenvalue weighted by molar-refractivity contribution is 0.598. The summed E-state index contributed by atoms with van der Waals surface area (Å²) in [7, 11) is -2.81. The van der Waals surface area contributed by atoms with E-state index >= 15 is 0 Å². The maximum Gasteiger partial charge on any atom is 0.148 e. The van der Waals surface area contributed by atoms with Crippen molar-refractivity contribution in [3.05, 3.63) is 11.6 Å². The van der Waals surface area contributed by atoms with Gasteiger partial charge in [0.25, 0.3) is 0 Å². The van der Waals surface area contributed by atoms with Crippen LogP contribution in [0.15, 0.2) is 11.6 Å². The molecule has 0 unspecified atom stereocenters. The van der Waals surface area contributed by atoms with Crippen LogP contribution in [0.25, 0.3) is 0 Å². The van der Waals surface area contributed by atoms with Crippen molar-refractivity contribution in [2.45, 2.75) is 13.8 Å². The van der Waals surface area contributed by atoms with Crippen LogP contribution in [0.1, 0.15) is 13.8 Å². The molecule has 0 aliphatic heterocycles. The van der Waals surface area contributed by atoms with Crippen molar-refractivity contribution in [3.63, 3.8) is 0 Å². The van der Waals surface area contributed by atoms with Gasteiger partial charge in [0.05, 0.1) is 5.75 Å². The summed E-state index contributed by atoms with van der Waals surface area (Å²) in [5, 5.41) is 3.02. The highest BCUT2D eigenvalue weighted by atomic mass is 32.2. The predicted molar refractivity (Wildman–Crippen MR) is 52.0 cm³/mol. The van der Waals surface area contributed by atoms with Crippen LogP contribution < -0.4 is 5.32 Å². The van der Waals surface area contributed by atoms with Crippen LogP contribution in [-0.4, -0.2) is 33.5 Å². The monoisotopic (exact) mass is 191 g/mol. The van der Waals surface area contributed by atoms with Crippen LogP contribution in [0, 0.1) is 0 Å². The van der Waals surface area contributed by atoms with E-state index in [9.17, 15) is 8.42 Å². The minimum absolute atomic E-state index is 0.212. The van der Waals surface area contributed by atoms with Crippen LogP contribution in [0.3, 0.4) is 0 Å². The van der Waals surface area contributed by atoms with E-state index in [-0.39, 0.29) is 5.75 Å². The van der Waals surface area contributed by atoms with E-state index < -0.39 is 9.84 Å². The second-order valence-corrected chi connectivity index (χ2v) is 5.38. The van der Waals surface area contributed by atoms with Gasteiger partial charge in [-0.1, -0.05) is 11.6 Å². The molecule has 0 aliphatic carbocycles. The molecular formula is C8H17NO2S. The van der Waals surface area contributed by atoms with Crippen LogP contribution in [0.2, 0.25) is 0 Å². The first-order valence-electron chi connectivity index (χ1n) is 3.93. The van der Waals surface area contributed by atoms with Crippen LogP contribution >= 0.6 is 0 Å². The summed E-state index contributed by atoms with van der Waals surface area (Å²) >= 11 is 0. The van der Waals surface area contributed by atoms with Crippen molar-refractivity contribution in [1.82, 2.24) is 5.32 Å². The molecule has 0 rings (SSSR count). The van der Waals surface area contributed by atoms with Crippen LogP contribution in [0.5, 0.6) is 0 Å². The Labute approximate surface area is 74.8 Å². The summed E-state index contributed by atoms with van der Waals surface area (Å²) in [4.78, 5) is 0. The number of nitrogens with one attached hydrogen (secondary N) is 1. The van der Waals surface area contributed by atoms with Gasteiger partial charge in [0.15, 0.2) is 0 Å². The van der Waals surface area contributed by atoms with E-state index in [2.05, 4.69) is 5.32 Å². The van der Waals surface area contributed by atoms with Gasteiger partial charge in [-0.25, -0.2) is 8.42 Å². The number of rotatable bonds is 5. The summed E-state index contributed by atoms with van der Waals surface area (Å²) in [6.45, 7) is 5.30. The maximum atomic E-state index is 10.7. The third-order valence-electron chi connectivity index (χ3n) is 1.30. The van der Waals surface area contributed by atoms with Gasteiger partial charge in [-0.15, -0.1) is 0 Å². The molecule has 0 saturated carbocycles. The Morgan fingerprint density at radius 1 is 1.42 bits per heavy atom. The van der Waals surface area contributed by atoms with Gasteiger partial charge in [0.2, 0.25) is 0 Å². The van der Waals surface area contributed by atoms with Crippen LogP contribution in [0.4, 0.5) is 0 Å². The van der Waals surface area contributed by atoms with Gasteiger partial charge >= 0.3 is 0 Å². The van der Waals surface area contributed by atoms with Crippen molar-refractivity contribution in [1.29, 1.82) is 0 Å². The maximum absolute atomic E-state index is 10.7. The lowest BCUT2D eigenvalue weighted by Gasteiger charge is -1.99. The van der Waals surface area contributed by atoms with Crippen LogP contribution in [-0.2, 0) is 9.84 Å². The van der Waals surface area contributed by atoms with Gasteiger partial charge in [-0.2, -0.15) is 0 Å². The highest BCUT2D eigenvalue weighted by molar-refractivity contribution is 7.90. The zero-order valence-electron chi connectivity index (χ0n) is 7.92. The molecule has 0 fully saturated rings. The number of allylic oxidation sites excluding steroid dienone is 1. The van der Waals surface area contributed by atoms with Crippen molar-refractivity contribution in [3.8, 4) is 0 Å². The SMILES string of the molecule is CC(C)=CCNCCS(C)(=O)=O. The molecule has 0 saturated heterocycles. The van der Waals surface area contributed by atoms with E-state index in [0.29, 0.717) is 6.54 Å². The lowest BCUT2D eigenvalue weighted by Crippen LogP contribution is -2.22. The van der Waals surface area contributed by atoms with Gasteiger partial charge in [-0.3, -0.25) is 0 Å². The average molecular weight is 191 g/mol. The Morgan fingerprint density at radius 2 is 2.00 bits per heavy atom. The predicted octanol–water partition coefficient (Wildman–Crippen LogP) is 0.587. The summed E-state index contributed by atoms with van der Waals surface area (Å²) in [6.07, 6.45) is 3.28. The van der Waals surface area contributed by atoms with Gasteiger partial charge in [-0.05, 0) is 13.8 Å². The van der Waals surface area contributed by atoms with E-state index in [1.54, 1.807) is 0 Å². The Balaban J connectivity index is 3.41. The summed E-state index contributed by atoms with van der Waals surface area (Å²) in [5.41, 5.74) is 1.24. The molecule has 0 aromatic carbocycles. The second-order valence-electron chi connectivity index (χ2n) is 3.12. The zero-order valence-corrected chi connectivity index (χ0v) is 8.74. The first kappa shape index (κ1) is 11.6. The first-order valence-corrected chi connectivity index (χ1v) is 5.99. The normalized spacial score (nSPS) is 11.2. The highest BCUT2D eigenvalue weighted by Gasteiger charge is 1.98. The fourth-order valence-electron chi connectivity index (χ4n) is 0.636. The summed E-state index contributed by atoms with van der Waals surface area (Å²) < 4.78 is 21.3. The van der Waals surface area contributed by atoms with Gasteiger partial charge in [0.1, 0.15) is 9.84 Å². The molecule has 0 amide bonds. The molecule has 0 heterocycles. The van der Waals surface area contributed by atoms with Gasteiger partial charge in [0, 0.05) is 19.3 Å². The molecule has 0 spiro atoms. The fourth-order valence-corrected chi connectivity index (χ4v) is 1.15. The summed E-state index contributed by atoms with van der Waals surface area (Å²) in [5.74, 6) is 0.212. The molecule has 0 aromatic heterocycles. The Kier molecular flexibility index (Phi) is 5.17. The fraction of sp³-hybridized carbons (Fsp3) is 0.750. The topological polar surface area (TPSA) is 46.2 Å². The second kappa shape index (κ2) is 5.32. The Bertz CT molecular complexity index is 238. The average Bonchev–Trinajstić information content (AvgIpc) is 1.83. The minimum atomic E-state index is -2.81. The van der Waals surface area contributed by atoms with E-state index in [0.717, 1.165) is 6.54 Å². The third kappa shape index (κ3) is 9.65. The number of hydrogen-bond donors (Lipinski definition) is 1. The first-order chi connectivity index (χ1) is 5.42. The van der Waals surface area contributed by atoms with Crippen molar-refractivity contribution in [2.24, 2.45) is 0 Å².